The summed E-state index contributed by atoms with van der Waals surface area (Å²) in [7, 11) is 0. The molecule has 2 nitrogen and oxygen atoms in total. The molecule has 9 aromatic carbocycles. The second kappa shape index (κ2) is 13.7. The summed E-state index contributed by atoms with van der Waals surface area (Å²) in [5.74, 6) is 0. The van der Waals surface area contributed by atoms with Crippen molar-refractivity contribution in [3.05, 3.63) is 235 Å². The highest BCUT2D eigenvalue weighted by Crippen LogP contribution is 2.53. The quantitative estimate of drug-likeness (QED) is 0.162. The Labute approximate surface area is 338 Å². The smallest absolute Gasteiger partial charge is 0.143 e. The van der Waals surface area contributed by atoms with Crippen LogP contribution in [0.5, 0.6) is 0 Å². The fraction of sp³-hybridized carbons (Fsp3) is 0.0357. The fourth-order valence-electron chi connectivity index (χ4n) is 9.23. The molecule has 1 aromatic heterocycles. The van der Waals surface area contributed by atoms with Crippen molar-refractivity contribution >= 4 is 39.0 Å². The Bertz CT molecular complexity index is 2980. The highest BCUT2D eigenvalue weighted by Gasteiger charge is 2.40. The summed E-state index contributed by atoms with van der Waals surface area (Å²) >= 11 is 0. The molecule has 0 saturated carbocycles. The summed E-state index contributed by atoms with van der Waals surface area (Å²) in [4.78, 5) is 2.34. The lowest BCUT2D eigenvalue weighted by atomic mass is 9.74. The zero-order valence-electron chi connectivity index (χ0n) is 32.1. The van der Waals surface area contributed by atoms with Crippen LogP contribution < -0.4 is 4.90 Å². The lowest BCUT2D eigenvalue weighted by molar-refractivity contribution is 0.663. The fourth-order valence-corrected chi connectivity index (χ4v) is 9.23. The molecule has 0 atom stereocenters. The van der Waals surface area contributed by atoms with Gasteiger partial charge < -0.3 is 9.32 Å². The van der Waals surface area contributed by atoms with Crippen LogP contribution in [0.1, 0.15) is 23.6 Å². The Balaban J connectivity index is 1.01. The summed E-state index contributed by atoms with van der Waals surface area (Å²) in [5, 5.41) is 2.24. The third-order valence-electron chi connectivity index (χ3n) is 12.2. The molecule has 274 valence electrons. The van der Waals surface area contributed by atoms with Crippen molar-refractivity contribution in [2.24, 2.45) is 0 Å². The first kappa shape index (κ1) is 33.9. The van der Waals surface area contributed by atoms with Gasteiger partial charge in [0.1, 0.15) is 11.2 Å². The molecule has 0 fully saturated rings. The second-order valence-corrected chi connectivity index (χ2v) is 15.4. The van der Waals surface area contributed by atoms with Crippen LogP contribution in [0.3, 0.4) is 0 Å². The zero-order chi connectivity index (χ0) is 38.6. The minimum Gasteiger partial charge on any atom is -0.455 e. The van der Waals surface area contributed by atoms with Crippen LogP contribution in [0.2, 0.25) is 0 Å². The Morgan fingerprint density at radius 3 is 1.47 bits per heavy atom. The number of nitrogens with zero attached hydrogens (tertiary/aromatic N) is 1. The van der Waals surface area contributed by atoms with Gasteiger partial charge in [-0.1, -0.05) is 176 Å². The first-order valence-electron chi connectivity index (χ1n) is 20.0. The molecule has 0 aliphatic heterocycles. The molecule has 0 amide bonds. The molecular weight excluding hydrogens is 703 g/mol. The first-order valence-corrected chi connectivity index (χ1v) is 20.0. The van der Waals surface area contributed by atoms with E-state index in [1.807, 2.05) is 0 Å². The van der Waals surface area contributed by atoms with Gasteiger partial charge in [0.05, 0.1) is 0 Å². The van der Waals surface area contributed by atoms with E-state index in [-0.39, 0.29) is 5.41 Å². The van der Waals surface area contributed by atoms with E-state index in [2.05, 4.69) is 230 Å². The number of fused-ring (bicyclic) bond motifs is 6. The minimum absolute atomic E-state index is 0.292. The second-order valence-electron chi connectivity index (χ2n) is 15.4. The predicted molar refractivity (Wildman–Crippen MR) is 242 cm³/mol. The molecule has 0 saturated heterocycles. The van der Waals surface area contributed by atoms with Crippen molar-refractivity contribution < 1.29 is 4.42 Å². The average molecular weight is 742 g/mol. The van der Waals surface area contributed by atoms with Crippen LogP contribution in [0.4, 0.5) is 17.1 Å². The van der Waals surface area contributed by atoms with Crippen LogP contribution in [-0.4, -0.2) is 0 Å². The molecular formula is C56H39NO. The van der Waals surface area contributed by atoms with Crippen LogP contribution in [-0.2, 0) is 5.41 Å². The maximum atomic E-state index is 6.93. The molecule has 11 rings (SSSR count). The lowest BCUT2D eigenvalue weighted by Gasteiger charge is -2.28. The molecule has 58 heavy (non-hydrogen) atoms. The van der Waals surface area contributed by atoms with Gasteiger partial charge in [0.15, 0.2) is 0 Å². The monoisotopic (exact) mass is 741 g/mol. The van der Waals surface area contributed by atoms with Gasteiger partial charge in [0.2, 0.25) is 0 Å². The number of benzene rings is 9. The van der Waals surface area contributed by atoms with Crippen LogP contribution in [0.25, 0.3) is 66.4 Å². The highest BCUT2D eigenvalue weighted by molar-refractivity contribution is 6.10. The Morgan fingerprint density at radius 1 is 0.362 bits per heavy atom. The van der Waals surface area contributed by atoms with E-state index in [1.54, 1.807) is 0 Å². The van der Waals surface area contributed by atoms with E-state index in [4.69, 9.17) is 4.42 Å². The molecule has 0 bridgehead atoms. The average Bonchev–Trinajstić information content (AvgIpc) is 3.81. The SMILES string of the molecule is CC1(c2ccc3c(c2)oc2c(-c4cccc(N(c5ccc(-c6ccccc6)cc5)c5ccc(-c6ccccc6)cc5)c4)cccc23)c2ccccc2-c2ccccc21. The van der Waals surface area contributed by atoms with E-state index in [1.165, 1.54) is 50.1 Å². The van der Waals surface area contributed by atoms with E-state index in [9.17, 15) is 0 Å². The van der Waals surface area contributed by atoms with Gasteiger partial charge in [-0.3, -0.25) is 0 Å². The third kappa shape index (κ3) is 5.49. The van der Waals surface area contributed by atoms with Gasteiger partial charge in [0, 0.05) is 38.8 Å². The molecule has 1 aliphatic rings. The normalized spacial score (nSPS) is 12.7. The highest BCUT2D eigenvalue weighted by atomic mass is 16.3. The topological polar surface area (TPSA) is 16.4 Å². The van der Waals surface area contributed by atoms with Crippen molar-refractivity contribution in [1.29, 1.82) is 0 Å². The third-order valence-corrected chi connectivity index (χ3v) is 12.2. The molecule has 1 aliphatic carbocycles. The molecule has 10 aromatic rings. The number of rotatable bonds is 7. The summed E-state index contributed by atoms with van der Waals surface area (Å²) in [5.41, 5.74) is 18.2. The standard InChI is InChI=1S/C56H39NO/c1-56(52-24-10-8-20-48(52)49-21-9-11-25-53(49)56)43-30-35-50-51-23-13-22-47(55(51)58-54(50)37-43)42-18-12-19-46(36-42)57(44-31-26-40(27-32-44)38-14-4-2-5-15-38)45-33-28-41(29-34-45)39-16-6-3-7-17-39/h2-37H,1H3. The molecule has 0 N–H and O–H groups in total. The van der Waals surface area contributed by atoms with E-state index < -0.39 is 0 Å². The van der Waals surface area contributed by atoms with Crippen molar-refractivity contribution in [3.8, 4) is 44.5 Å². The Morgan fingerprint density at radius 2 is 0.862 bits per heavy atom. The largest absolute Gasteiger partial charge is 0.455 e. The van der Waals surface area contributed by atoms with Crippen LogP contribution in [0.15, 0.2) is 223 Å². The van der Waals surface area contributed by atoms with Crippen molar-refractivity contribution in [1.82, 2.24) is 0 Å². The maximum absolute atomic E-state index is 6.93. The van der Waals surface area contributed by atoms with Gasteiger partial charge in [-0.15, -0.1) is 0 Å². The lowest BCUT2D eigenvalue weighted by Crippen LogP contribution is -2.22. The predicted octanol–water partition coefficient (Wildman–Crippen LogP) is 15.4. The Hall–Kier alpha value is -7.42. The molecule has 2 heteroatoms. The maximum Gasteiger partial charge on any atom is 0.143 e. The minimum atomic E-state index is -0.292. The number of anilines is 3. The van der Waals surface area contributed by atoms with Gasteiger partial charge in [0.25, 0.3) is 0 Å². The first-order chi connectivity index (χ1) is 28.6. The summed E-state index contributed by atoms with van der Waals surface area (Å²) in [6.07, 6.45) is 0. The molecule has 0 unspecified atom stereocenters. The summed E-state index contributed by atoms with van der Waals surface area (Å²) in [6.45, 7) is 2.36. The zero-order valence-corrected chi connectivity index (χ0v) is 32.1. The van der Waals surface area contributed by atoms with Gasteiger partial charge in [-0.05, 0) is 105 Å². The van der Waals surface area contributed by atoms with E-state index in [0.29, 0.717) is 0 Å². The van der Waals surface area contributed by atoms with Crippen LogP contribution in [0, 0.1) is 0 Å². The van der Waals surface area contributed by atoms with Crippen molar-refractivity contribution in [2.45, 2.75) is 12.3 Å². The van der Waals surface area contributed by atoms with Crippen LogP contribution >= 0.6 is 0 Å². The number of para-hydroxylation sites is 1. The summed E-state index contributed by atoms with van der Waals surface area (Å²) < 4.78 is 6.93. The molecule has 0 radical (unpaired) electrons. The summed E-state index contributed by atoms with van der Waals surface area (Å²) in [6, 6.07) is 78.7. The number of furan rings is 1. The Kier molecular flexibility index (Phi) is 7.97. The number of hydrogen-bond donors (Lipinski definition) is 0. The van der Waals surface area contributed by atoms with E-state index in [0.717, 1.165) is 50.1 Å². The number of hydrogen-bond acceptors (Lipinski definition) is 2. The van der Waals surface area contributed by atoms with Gasteiger partial charge in [-0.25, -0.2) is 0 Å². The van der Waals surface area contributed by atoms with Gasteiger partial charge >= 0.3 is 0 Å². The van der Waals surface area contributed by atoms with Crippen molar-refractivity contribution in [3.63, 3.8) is 0 Å². The van der Waals surface area contributed by atoms with Gasteiger partial charge in [-0.2, -0.15) is 0 Å². The molecule has 1 heterocycles. The van der Waals surface area contributed by atoms with E-state index >= 15 is 0 Å². The molecule has 0 spiro atoms. The van der Waals surface area contributed by atoms with Crippen molar-refractivity contribution in [2.75, 3.05) is 4.90 Å².